The molecule has 0 saturated heterocycles. The zero-order chi connectivity index (χ0) is 12.1. The Labute approximate surface area is 102 Å². The summed E-state index contributed by atoms with van der Waals surface area (Å²) >= 11 is 1.51. The van der Waals surface area contributed by atoms with E-state index in [0.717, 1.165) is 5.56 Å². The van der Waals surface area contributed by atoms with Crippen molar-refractivity contribution >= 4 is 17.2 Å². The van der Waals surface area contributed by atoms with Crippen LogP contribution in [0.4, 0.5) is 0 Å². The number of carbonyl (C=O) groups excluding carboxylic acids is 1. The minimum atomic E-state index is -0.685. The van der Waals surface area contributed by atoms with Gasteiger partial charge < -0.3 is 10.4 Å². The molecule has 0 saturated carbocycles. The highest BCUT2D eigenvalue weighted by Crippen LogP contribution is 2.15. The molecule has 0 radical (unpaired) electrons. The molecular weight excluding hydrogens is 238 g/mol. The fraction of sp³-hybridized carbons (Fsp3) is 0.182. The average Bonchev–Trinajstić information content (AvgIpc) is 2.90. The van der Waals surface area contributed by atoms with Crippen LogP contribution in [0.15, 0.2) is 35.5 Å². The van der Waals surface area contributed by atoms with Crippen molar-refractivity contribution in [3.8, 4) is 0 Å². The first-order valence-corrected chi connectivity index (χ1v) is 5.95. The van der Waals surface area contributed by atoms with E-state index in [2.05, 4.69) is 15.3 Å². The second kappa shape index (κ2) is 5.51. The van der Waals surface area contributed by atoms with E-state index in [-0.39, 0.29) is 12.5 Å². The van der Waals surface area contributed by atoms with Crippen molar-refractivity contribution in [2.24, 2.45) is 0 Å². The van der Waals surface area contributed by atoms with Gasteiger partial charge in [-0.1, -0.05) is 0 Å². The van der Waals surface area contributed by atoms with Crippen molar-refractivity contribution < 1.29 is 9.90 Å². The highest BCUT2D eigenvalue weighted by molar-refractivity contribution is 7.07. The topological polar surface area (TPSA) is 75.1 Å². The van der Waals surface area contributed by atoms with Gasteiger partial charge in [0.05, 0.1) is 11.7 Å². The lowest BCUT2D eigenvalue weighted by Crippen LogP contribution is -2.28. The van der Waals surface area contributed by atoms with Crippen LogP contribution in [0.25, 0.3) is 0 Å². The van der Waals surface area contributed by atoms with Crippen LogP contribution >= 0.6 is 11.3 Å². The summed E-state index contributed by atoms with van der Waals surface area (Å²) in [6.07, 6.45) is 3.53. The first-order valence-electron chi connectivity index (χ1n) is 5.01. The molecule has 1 amide bonds. The summed E-state index contributed by atoms with van der Waals surface area (Å²) in [5, 5.41) is 16.1. The molecule has 1 atom stereocenters. The molecule has 2 aromatic heterocycles. The summed E-state index contributed by atoms with van der Waals surface area (Å²) in [6.45, 7) is 0.171. The number of amides is 1. The Hall–Kier alpha value is -1.79. The number of aliphatic hydroxyl groups excluding tert-OH is 1. The molecule has 0 aliphatic carbocycles. The molecule has 6 heteroatoms. The highest BCUT2D eigenvalue weighted by atomic mass is 32.1. The predicted molar refractivity (Wildman–Crippen MR) is 63.6 cm³/mol. The van der Waals surface area contributed by atoms with Crippen molar-refractivity contribution in [2.45, 2.75) is 6.10 Å². The molecule has 2 N–H and O–H groups in total. The molecule has 1 unspecified atom stereocenters. The van der Waals surface area contributed by atoms with E-state index in [1.165, 1.54) is 30.1 Å². The first kappa shape index (κ1) is 11.7. The first-order chi connectivity index (χ1) is 8.27. The number of thiophene rings is 1. The fourth-order valence-electron chi connectivity index (χ4n) is 1.29. The molecule has 0 fully saturated rings. The number of carbonyl (C=O) groups is 1. The van der Waals surface area contributed by atoms with E-state index >= 15 is 0 Å². The van der Waals surface area contributed by atoms with E-state index in [9.17, 15) is 9.90 Å². The van der Waals surface area contributed by atoms with Crippen LogP contribution < -0.4 is 5.32 Å². The molecule has 0 bridgehead atoms. The molecular formula is C11H11N3O2S. The number of rotatable bonds is 4. The van der Waals surface area contributed by atoms with Crippen LogP contribution in [-0.2, 0) is 0 Å². The summed E-state index contributed by atoms with van der Waals surface area (Å²) < 4.78 is 0. The third-order valence-electron chi connectivity index (χ3n) is 2.21. The normalized spacial score (nSPS) is 12.1. The van der Waals surface area contributed by atoms with E-state index in [1.54, 1.807) is 0 Å². The number of aromatic nitrogens is 2. The van der Waals surface area contributed by atoms with Gasteiger partial charge in [-0.3, -0.25) is 4.79 Å². The molecule has 2 aromatic rings. The van der Waals surface area contributed by atoms with Gasteiger partial charge in [0.25, 0.3) is 5.91 Å². The summed E-state index contributed by atoms with van der Waals surface area (Å²) in [7, 11) is 0. The largest absolute Gasteiger partial charge is 0.387 e. The van der Waals surface area contributed by atoms with E-state index in [4.69, 9.17) is 0 Å². The zero-order valence-corrected chi connectivity index (χ0v) is 9.72. The van der Waals surface area contributed by atoms with Gasteiger partial charge in [0, 0.05) is 18.9 Å². The van der Waals surface area contributed by atoms with Gasteiger partial charge >= 0.3 is 0 Å². The fourth-order valence-corrected chi connectivity index (χ4v) is 2.00. The maximum atomic E-state index is 11.6. The molecule has 0 aliphatic rings. The second-order valence-electron chi connectivity index (χ2n) is 3.41. The molecule has 17 heavy (non-hydrogen) atoms. The number of nitrogens with zero attached hydrogens (tertiary/aromatic N) is 2. The third kappa shape index (κ3) is 3.08. The summed E-state index contributed by atoms with van der Waals surface area (Å²) in [5.74, 6) is -0.292. The second-order valence-corrected chi connectivity index (χ2v) is 4.19. The molecule has 88 valence electrons. The quantitative estimate of drug-likeness (QED) is 0.847. The van der Waals surface area contributed by atoms with E-state index in [1.807, 2.05) is 16.8 Å². The van der Waals surface area contributed by atoms with Crippen LogP contribution in [0.2, 0.25) is 0 Å². The maximum absolute atomic E-state index is 11.6. The van der Waals surface area contributed by atoms with Gasteiger partial charge in [0.2, 0.25) is 0 Å². The highest BCUT2D eigenvalue weighted by Gasteiger charge is 2.11. The van der Waals surface area contributed by atoms with Gasteiger partial charge in [-0.2, -0.15) is 11.3 Å². The Kier molecular flexibility index (Phi) is 3.79. The zero-order valence-electron chi connectivity index (χ0n) is 8.91. The minimum Gasteiger partial charge on any atom is -0.387 e. The monoisotopic (exact) mass is 249 g/mol. The van der Waals surface area contributed by atoms with Crippen LogP contribution in [0.5, 0.6) is 0 Å². The molecule has 0 aromatic carbocycles. The van der Waals surface area contributed by atoms with Gasteiger partial charge in [-0.25, -0.2) is 9.97 Å². The van der Waals surface area contributed by atoms with Crippen molar-refractivity contribution in [2.75, 3.05) is 6.54 Å². The van der Waals surface area contributed by atoms with Crippen LogP contribution in [0.1, 0.15) is 22.0 Å². The van der Waals surface area contributed by atoms with Gasteiger partial charge in [-0.05, 0) is 22.4 Å². The van der Waals surface area contributed by atoms with Crippen molar-refractivity contribution in [3.63, 3.8) is 0 Å². The van der Waals surface area contributed by atoms with Gasteiger partial charge in [0.15, 0.2) is 0 Å². The van der Waals surface area contributed by atoms with Crippen molar-refractivity contribution in [1.82, 2.24) is 15.3 Å². The number of aliphatic hydroxyl groups is 1. The number of hydrogen-bond acceptors (Lipinski definition) is 5. The SMILES string of the molecule is O=C(NCC(O)c1ccsc1)c1cncnc1. The molecule has 2 heterocycles. The van der Waals surface area contributed by atoms with Crippen LogP contribution in [-0.4, -0.2) is 27.5 Å². The molecule has 0 spiro atoms. The third-order valence-corrected chi connectivity index (χ3v) is 2.91. The minimum absolute atomic E-state index is 0.171. The number of nitrogens with one attached hydrogen (secondary N) is 1. The Balaban J connectivity index is 1.89. The lowest BCUT2D eigenvalue weighted by molar-refractivity contribution is 0.0916. The Morgan fingerprint density at radius 2 is 2.24 bits per heavy atom. The summed E-state index contributed by atoms with van der Waals surface area (Å²) in [4.78, 5) is 19.1. The maximum Gasteiger partial charge on any atom is 0.254 e. The number of hydrogen-bond donors (Lipinski definition) is 2. The standard InChI is InChI=1S/C11H11N3O2S/c15-10(8-1-2-17-6-8)5-14-11(16)9-3-12-7-13-4-9/h1-4,6-7,10,15H,5H2,(H,14,16). The lowest BCUT2D eigenvalue weighted by Gasteiger charge is -2.10. The van der Waals surface area contributed by atoms with Gasteiger partial charge in [-0.15, -0.1) is 0 Å². The molecule has 5 nitrogen and oxygen atoms in total. The molecule has 2 rings (SSSR count). The van der Waals surface area contributed by atoms with E-state index in [0.29, 0.717) is 5.56 Å². The summed E-state index contributed by atoms with van der Waals surface area (Å²) in [6, 6.07) is 1.83. The Morgan fingerprint density at radius 3 is 2.88 bits per heavy atom. The Morgan fingerprint density at radius 1 is 1.47 bits per heavy atom. The van der Waals surface area contributed by atoms with Crippen molar-refractivity contribution in [1.29, 1.82) is 0 Å². The summed E-state index contributed by atoms with van der Waals surface area (Å²) in [5.41, 5.74) is 1.18. The van der Waals surface area contributed by atoms with E-state index < -0.39 is 6.10 Å². The van der Waals surface area contributed by atoms with Crippen molar-refractivity contribution in [3.05, 3.63) is 46.7 Å². The predicted octanol–water partition coefficient (Wildman–Crippen LogP) is 1.00. The molecule has 0 aliphatic heterocycles. The van der Waals surface area contributed by atoms with Crippen LogP contribution in [0, 0.1) is 0 Å². The average molecular weight is 249 g/mol. The van der Waals surface area contributed by atoms with Gasteiger partial charge in [0.1, 0.15) is 6.33 Å². The van der Waals surface area contributed by atoms with Crippen LogP contribution in [0.3, 0.4) is 0 Å². The Bertz CT molecular complexity index is 473. The lowest BCUT2D eigenvalue weighted by atomic mass is 10.2. The smallest absolute Gasteiger partial charge is 0.254 e.